The van der Waals surface area contributed by atoms with Crippen LogP contribution < -0.4 is 5.32 Å². The van der Waals surface area contributed by atoms with Crippen molar-refractivity contribution in [3.63, 3.8) is 0 Å². The third-order valence-electron chi connectivity index (χ3n) is 3.36. The van der Waals surface area contributed by atoms with E-state index < -0.39 is 0 Å². The first-order chi connectivity index (χ1) is 9.88. The summed E-state index contributed by atoms with van der Waals surface area (Å²) in [6.45, 7) is 4.15. The van der Waals surface area contributed by atoms with E-state index in [1.165, 1.54) is 0 Å². The lowest BCUT2D eigenvalue weighted by Gasteiger charge is -2.22. The van der Waals surface area contributed by atoms with Crippen LogP contribution in [0.4, 0.5) is 0 Å². The predicted molar refractivity (Wildman–Crippen MR) is 95.6 cm³/mol. The molecular formula is C16H15BrCl3N. The summed E-state index contributed by atoms with van der Waals surface area (Å²) in [6.07, 6.45) is 0. The van der Waals surface area contributed by atoms with Gasteiger partial charge in [0, 0.05) is 31.6 Å². The zero-order chi connectivity index (χ0) is 15.6. The van der Waals surface area contributed by atoms with Gasteiger partial charge < -0.3 is 5.32 Å². The quantitative estimate of drug-likeness (QED) is 0.586. The van der Waals surface area contributed by atoms with Gasteiger partial charge in [-0.15, -0.1) is 0 Å². The van der Waals surface area contributed by atoms with Crippen molar-refractivity contribution in [3.8, 4) is 0 Å². The molecule has 2 unspecified atom stereocenters. The van der Waals surface area contributed by atoms with Gasteiger partial charge in [0.1, 0.15) is 0 Å². The molecule has 0 bridgehead atoms. The van der Waals surface area contributed by atoms with Gasteiger partial charge in [-0.25, -0.2) is 0 Å². The van der Waals surface area contributed by atoms with E-state index in [0.29, 0.717) is 10.0 Å². The fourth-order valence-corrected chi connectivity index (χ4v) is 3.67. The number of rotatable bonds is 4. The van der Waals surface area contributed by atoms with Crippen molar-refractivity contribution >= 4 is 50.7 Å². The molecule has 1 N–H and O–H groups in total. The Kier molecular flexibility index (Phi) is 5.98. The molecular weight excluding hydrogens is 392 g/mol. The third-order valence-corrected chi connectivity index (χ3v) is 4.74. The summed E-state index contributed by atoms with van der Waals surface area (Å²) >= 11 is 21.9. The lowest BCUT2D eigenvalue weighted by atomic mass is 10.0. The monoisotopic (exact) mass is 405 g/mol. The summed E-state index contributed by atoms with van der Waals surface area (Å²) in [6, 6.07) is 11.6. The van der Waals surface area contributed by atoms with Gasteiger partial charge in [-0.05, 0) is 49.2 Å². The molecule has 0 radical (unpaired) electrons. The maximum absolute atomic E-state index is 6.29. The first kappa shape index (κ1) is 17.1. The smallest absolute Gasteiger partial charge is 0.0468 e. The molecule has 1 nitrogen and oxygen atoms in total. The number of benzene rings is 2. The van der Waals surface area contributed by atoms with Gasteiger partial charge in [0.25, 0.3) is 0 Å². The van der Waals surface area contributed by atoms with Crippen LogP contribution in [0.25, 0.3) is 0 Å². The lowest BCUT2D eigenvalue weighted by molar-refractivity contribution is 0.495. The van der Waals surface area contributed by atoms with Crippen LogP contribution >= 0.6 is 50.7 Å². The molecule has 0 heterocycles. The molecule has 0 saturated carbocycles. The van der Waals surface area contributed by atoms with Gasteiger partial charge in [-0.3, -0.25) is 0 Å². The van der Waals surface area contributed by atoms with Gasteiger partial charge in [0.15, 0.2) is 0 Å². The molecule has 0 amide bonds. The maximum Gasteiger partial charge on any atom is 0.0468 e. The second kappa shape index (κ2) is 7.34. The van der Waals surface area contributed by atoms with Crippen LogP contribution in [0.5, 0.6) is 0 Å². The van der Waals surface area contributed by atoms with Gasteiger partial charge in [-0.2, -0.15) is 0 Å². The number of halogens is 4. The largest absolute Gasteiger partial charge is 0.304 e. The molecule has 112 valence electrons. The SMILES string of the molecule is CC(NC(C)c1ccc(Br)cc1Cl)c1ccc(Cl)cc1Cl. The summed E-state index contributed by atoms with van der Waals surface area (Å²) in [5.74, 6) is 0. The molecule has 0 aliphatic carbocycles. The minimum Gasteiger partial charge on any atom is -0.304 e. The second-order valence-corrected chi connectivity index (χ2v) is 7.11. The zero-order valence-electron chi connectivity index (χ0n) is 11.6. The topological polar surface area (TPSA) is 12.0 Å². The molecule has 0 spiro atoms. The highest BCUT2D eigenvalue weighted by Crippen LogP contribution is 2.30. The molecule has 21 heavy (non-hydrogen) atoms. The van der Waals surface area contributed by atoms with Crippen molar-refractivity contribution in [2.45, 2.75) is 25.9 Å². The molecule has 0 fully saturated rings. The van der Waals surface area contributed by atoms with E-state index in [-0.39, 0.29) is 12.1 Å². The first-order valence-corrected chi connectivity index (χ1v) is 8.47. The standard InChI is InChI=1S/C16H15BrCl3N/c1-9(13-5-3-11(17)7-15(13)19)21-10(2)14-6-4-12(18)8-16(14)20/h3-10,21H,1-2H3. The Bertz CT molecular complexity index is 590. The van der Waals surface area contributed by atoms with Gasteiger partial charge in [0.05, 0.1) is 0 Å². The highest BCUT2D eigenvalue weighted by atomic mass is 79.9. The third kappa shape index (κ3) is 4.37. The minimum absolute atomic E-state index is 0.0875. The van der Waals surface area contributed by atoms with Crippen LogP contribution in [0, 0.1) is 0 Å². The fourth-order valence-electron chi connectivity index (χ4n) is 2.26. The van der Waals surface area contributed by atoms with Crippen LogP contribution in [0.1, 0.15) is 37.1 Å². The number of hydrogen-bond donors (Lipinski definition) is 1. The van der Waals surface area contributed by atoms with E-state index >= 15 is 0 Å². The molecule has 0 aliphatic heterocycles. The van der Waals surface area contributed by atoms with E-state index in [0.717, 1.165) is 20.6 Å². The van der Waals surface area contributed by atoms with Crippen molar-refractivity contribution in [1.82, 2.24) is 5.32 Å². The van der Waals surface area contributed by atoms with E-state index in [2.05, 4.69) is 35.1 Å². The Labute approximate surface area is 148 Å². The molecule has 0 aromatic heterocycles. The Balaban J connectivity index is 2.16. The van der Waals surface area contributed by atoms with Crippen LogP contribution in [-0.2, 0) is 0 Å². The van der Waals surface area contributed by atoms with Gasteiger partial charge >= 0.3 is 0 Å². The van der Waals surface area contributed by atoms with E-state index in [9.17, 15) is 0 Å². The summed E-state index contributed by atoms with van der Waals surface area (Å²) in [5, 5.41) is 5.54. The van der Waals surface area contributed by atoms with Gasteiger partial charge in [-0.1, -0.05) is 62.9 Å². The van der Waals surface area contributed by atoms with E-state index in [4.69, 9.17) is 34.8 Å². The minimum atomic E-state index is 0.0875. The Hall–Kier alpha value is -0.250. The second-order valence-electron chi connectivity index (χ2n) is 4.94. The summed E-state index contributed by atoms with van der Waals surface area (Å²) in [5.41, 5.74) is 2.07. The van der Waals surface area contributed by atoms with E-state index in [1.807, 2.05) is 30.3 Å². The number of nitrogens with one attached hydrogen (secondary N) is 1. The maximum atomic E-state index is 6.29. The molecule has 2 atom stereocenters. The van der Waals surface area contributed by atoms with Crippen LogP contribution in [0.2, 0.25) is 15.1 Å². The molecule has 2 rings (SSSR count). The Morgan fingerprint density at radius 3 is 1.90 bits per heavy atom. The normalized spacial score (nSPS) is 14.0. The highest BCUT2D eigenvalue weighted by molar-refractivity contribution is 9.10. The van der Waals surface area contributed by atoms with Crippen molar-refractivity contribution in [2.24, 2.45) is 0 Å². The molecule has 2 aromatic rings. The van der Waals surface area contributed by atoms with Crippen molar-refractivity contribution < 1.29 is 0 Å². The molecule has 0 saturated heterocycles. The highest BCUT2D eigenvalue weighted by Gasteiger charge is 2.16. The van der Waals surface area contributed by atoms with Crippen LogP contribution in [0.15, 0.2) is 40.9 Å². The summed E-state index contributed by atoms with van der Waals surface area (Å²) < 4.78 is 0.970. The van der Waals surface area contributed by atoms with Crippen molar-refractivity contribution in [3.05, 3.63) is 67.1 Å². The van der Waals surface area contributed by atoms with Crippen LogP contribution in [-0.4, -0.2) is 0 Å². The van der Waals surface area contributed by atoms with E-state index in [1.54, 1.807) is 6.07 Å². The average Bonchev–Trinajstić information content (AvgIpc) is 2.37. The molecule has 5 heteroatoms. The summed E-state index contributed by atoms with van der Waals surface area (Å²) in [4.78, 5) is 0. The van der Waals surface area contributed by atoms with Gasteiger partial charge in [0.2, 0.25) is 0 Å². The zero-order valence-corrected chi connectivity index (χ0v) is 15.5. The first-order valence-electron chi connectivity index (χ1n) is 6.54. The molecule has 2 aromatic carbocycles. The van der Waals surface area contributed by atoms with Crippen molar-refractivity contribution in [1.29, 1.82) is 0 Å². The lowest BCUT2D eigenvalue weighted by Crippen LogP contribution is -2.23. The number of hydrogen-bond acceptors (Lipinski definition) is 1. The predicted octanol–water partition coefficient (Wildman–Crippen LogP) is 6.82. The average molecular weight is 408 g/mol. The Morgan fingerprint density at radius 2 is 1.38 bits per heavy atom. The van der Waals surface area contributed by atoms with Crippen molar-refractivity contribution in [2.75, 3.05) is 0 Å². The Morgan fingerprint density at radius 1 is 0.857 bits per heavy atom. The fraction of sp³-hybridized carbons (Fsp3) is 0.250. The summed E-state index contributed by atoms with van der Waals surface area (Å²) in [7, 11) is 0. The van der Waals surface area contributed by atoms with Crippen LogP contribution in [0.3, 0.4) is 0 Å². The molecule has 0 aliphatic rings.